The van der Waals surface area contributed by atoms with Gasteiger partial charge >= 0.3 is 0 Å². The third kappa shape index (κ3) is 3.55. The van der Waals surface area contributed by atoms with Gasteiger partial charge in [0.25, 0.3) is 0 Å². The normalized spacial score (nSPS) is 10.8. The number of halogens is 1. The lowest BCUT2D eigenvalue weighted by molar-refractivity contribution is 1.05. The number of hydrogen-bond acceptors (Lipinski definition) is 4. The summed E-state index contributed by atoms with van der Waals surface area (Å²) in [5.41, 5.74) is 6.72. The van der Waals surface area contributed by atoms with E-state index >= 15 is 0 Å². The largest absolute Gasteiger partial charge is 0.326 e. The van der Waals surface area contributed by atoms with E-state index in [2.05, 4.69) is 33.0 Å². The van der Waals surface area contributed by atoms with Gasteiger partial charge in [-0.3, -0.25) is 0 Å². The van der Waals surface area contributed by atoms with Crippen LogP contribution in [-0.2, 0) is 12.3 Å². The second kappa shape index (κ2) is 6.00. The molecule has 0 saturated heterocycles. The van der Waals surface area contributed by atoms with Gasteiger partial charge in [0.05, 0.1) is 11.4 Å². The quantitative estimate of drug-likeness (QED) is 0.863. The molecule has 0 spiro atoms. The summed E-state index contributed by atoms with van der Waals surface area (Å²) in [6.07, 6.45) is 0. The lowest BCUT2D eigenvalue weighted by atomic mass is 10.4. The minimum Gasteiger partial charge on any atom is -0.326 e. The van der Waals surface area contributed by atoms with E-state index in [0.29, 0.717) is 6.54 Å². The van der Waals surface area contributed by atoms with Crippen LogP contribution in [0.5, 0.6) is 0 Å². The van der Waals surface area contributed by atoms with Crippen molar-refractivity contribution < 1.29 is 0 Å². The van der Waals surface area contributed by atoms with Crippen LogP contribution in [0.15, 0.2) is 33.6 Å². The highest BCUT2D eigenvalue weighted by Gasteiger charge is 2.06. The Morgan fingerprint density at radius 1 is 1.47 bits per heavy atom. The van der Waals surface area contributed by atoms with Crippen molar-refractivity contribution >= 4 is 39.0 Å². The molecule has 2 N–H and O–H groups in total. The van der Waals surface area contributed by atoms with Gasteiger partial charge in [-0.25, -0.2) is 4.98 Å². The van der Waals surface area contributed by atoms with E-state index in [1.165, 1.54) is 9.77 Å². The number of nitrogens with two attached hydrogens (primary N) is 1. The maximum absolute atomic E-state index is 5.65. The first-order chi connectivity index (χ1) is 8.19. The Bertz CT molecular complexity index is 511. The minimum absolute atomic E-state index is 0.588. The Balaban J connectivity index is 2.02. The fourth-order valence-electron chi connectivity index (χ4n) is 1.44. The van der Waals surface area contributed by atoms with Gasteiger partial charge < -0.3 is 5.73 Å². The third-order valence-electron chi connectivity index (χ3n) is 2.28. The van der Waals surface area contributed by atoms with Crippen molar-refractivity contribution in [1.82, 2.24) is 4.98 Å². The van der Waals surface area contributed by atoms with Crippen LogP contribution in [0.25, 0.3) is 0 Å². The van der Waals surface area contributed by atoms with Gasteiger partial charge in [0.15, 0.2) is 0 Å². The van der Waals surface area contributed by atoms with Gasteiger partial charge in [0.1, 0.15) is 5.01 Å². The molecule has 5 heteroatoms. The molecule has 0 amide bonds. The molecule has 0 bridgehead atoms. The summed E-state index contributed by atoms with van der Waals surface area (Å²) in [4.78, 5) is 6.97. The van der Waals surface area contributed by atoms with Crippen LogP contribution in [0.4, 0.5) is 0 Å². The monoisotopic (exact) mass is 328 g/mol. The van der Waals surface area contributed by atoms with Crippen LogP contribution in [-0.4, -0.2) is 4.98 Å². The number of thioether (sulfide) groups is 1. The first-order valence-electron chi connectivity index (χ1n) is 5.22. The summed E-state index contributed by atoms with van der Waals surface area (Å²) in [6.45, 7) is 2.61. The van der Waals surface area contributed by atoms with Crippen LogP contribution < -0.4 is 5.73 Å². The Morgan fingerprint density at radius 2 is 2.29 bits per heavy atom. The molecule has 2 rings (SSSR count). The summed E-state index contributed by atoms with van der Waals surface area (Å²) in [5.74, 6) is 0.905. The van der Waals surface area contributed by atoms with Crippen molar-refractivity contribution in [2.75, 3.05) is 0 Å². The highest BCUT2D eigenvalue weighted by atomic mass is 79.9. The average Bonchev–Trinajstić information content (AvgIpc) is 2.67. The SMILES string of the molecule is Cc1nc(CSc2cccc(Br)c2)sc1CN. The number of aryl methyl sites for hydroxylation is 1. The number of aromatic nitrogens is 1. The molecule has 0 aliphatic heterocycles. The fourth-order valence-corrected chi connectivity index (χ4v) is 3.89. The Labute approximate surface area is 118 Å². The molecular formula is C12H13BrN2S2. The highest BCUT2D eigenvalue weighted by Crippen LogP contribution is 2.28. The minimum atomic E-state index is 0.588. The van der Waals surface area contributed by atoms with Crippen molar-refractivity contribution in [2.45, 2.75) is 24.1 Å². The zero-order valence-corrected chi connectivity index (χ0v) is 12.7. The predicted octanol–water partition coefficient (Wildman–Crippen LogP) is 3.97. The Hall–Kier alpha value is -0.360. The van der Waals surface area contributed by atoms with Crippen molar-refractivity contribution in [3.8, 4) is 0 Å². The molecule has 17 heavy (non-hydrogen) atoms. The van der Waals surface area contributed by atoms with E-state index in [-0.39, 0.29) is 0 Å². The standard InChI is InChI=1S/C12H13BrN2S2/c1-8-11(6-14)17-12(15-8)7-16-10-4-2-3-9(13)5-10/h2-5H,6-7,14H2,1H3. The first kappa shape index (κ1) is 13.1. The molecule has 0 fully saturated rings. The van der Waals surface area contributed by atoms with Gasteiger partial charge in [-0.15, -0.1) is 23.1 Å². The lowest BCUT2D eigenvalue weighted by Crippen LogP contribution is -1.94. The van der Waals surface area contributed by atoms with E-state index in [9.17, 15) is 0 Å². The molecule has 0 unspecified atom stereocenters. The predicted molar refractivity (Wildman–Crippen MR) is 78.4 cm³/mol. The van der Waals surface area contributed by atoms with Gasteiger partial charge in [0.2, 0.25) is 0 Å². The summed E-state index contributed by atoms with van der Waals surface area (Å²) in [5, 5.41) is 1.15. The van der Waals surface area contributed by atoms with Crippen LogP contribution >= 0.6 is 39.0 Å². The molecule has 1 aromatic carbocycles. The third-order valence-corrected chi connectivity index (χ3v) is 5.14. The molecule has 0 aliphatic rings. The molecular weight excluding hydrogens is 316 g/mol. The van der Waals surface area contributed by atoms with Crippen LogP contribution in [0.2, 0.25) is 0 Å². The maximum Gasteiger partial charge on any atom is 0.103 e. The second-order valence-corrected chi connectivity index (χ2v) is 6.70. The van der Waals surface area contributed by atoms with E-state index in [0.717, 1.165) is 20.9 Å². The van der Waals surface area contributed by atoms with E-state index < -0.39 is 0 Å². The molecule has 1 heterocycles. The number of hydrogen-bond donors (Lipinski definition) is 1. The van der Waals surface area contributed by atoms with Gasteiger partial charge in [-0.2, -0.15) is 0 Å². The Morgan fingerprint density at radius 3 is 2.94 bits per heavy atom. The molecule has 2 aromatic rings. The van der Waals surface area contributed by atoms with E-state index in [1.54, 1.807) is 23.1 Å². The van der Waals surface area contributed by atoms with Crippen LogP contribution in [0.3, 0.4) is 0 Å². The molecule has 1 aromatic heterocycles. The van der Waals surface area contributed by atoms with Crippen LogP contribution in [0.1, 0.15) is 15.6 Å². The van der Waals surface area contributed by atoms with Gasteiger partial charge in [-0.05, 0) is 25.1 Å². The Kier molecular flexibility index (Phi) is 4.62. The number of rotatable bonds is 4. The molecule has 0 atom stereocenters. The highest BCUT2D eigenvalue weighted by molar-refractivity contribution is 9.10. The molecule has 0 radical (unpaired) electrons. The second-order valence-electron chi connectivity index (χ2n) is 3.57. The topological polar surface area (TPSA) is 38.9 Å². The van der Waals surface area contributed by atoms with Crippen molar-refractivity contribution in [3.05, 3.63) is 44.3 Å². The molecule has 2 nitrogen and oxygen atoms in total. The van der Waals surface area contributed by atoms with Crippen molar-refractivity contribution in [3.63, 3.8) is 0 Å². The average molecular weight is 329 g/mol. The van der Waals surface area contributed by atoms with Gasteiger partial charge in [-0.1, -0.05) is 22.0 Å². The fraction of sp³-hybridized carbons (Fsp3) is 0.250. The zero-order valence-electron chi connectivity index (χ0n) is 9.44. The summed E-state index contributed by atoms with van der Waals surface area (Å²) < 4.78 is 1.11. The first-order valence-corrected chi connectivity index (χ1v) is 7.82. The molecule has 0 saturated carbocycles. The number of thiazole rings is 1. The van der Waals surface area contributed by atoms with E-state index in [1.807, 2.05) is 19.1 Å². The molecule has 90 valence electrons. The van der Waals surface area contributed by atoms with Crippen LogP contribution in [0, 0.1) is 6.92 Å². The summed E-state index contributed by atoms with van der Waals surface area (Å²) in [6, 6.07) is 8.31. The van der Waals surface area contributed by atoms with Gasteiger partial charge in [0, 0.05) is 20.8 Å². The number of benzene rings is 1. The number of nitrogens with zero attached hydrogens (tertiary/aromatic N) is 1. The van der Waals surface area contributed by atoms with E-state index in [4.69, 9.17) is 5.73 Å². The molecule has 0 aliphatic carbocycles. The zero-order chi connectivity index (χ0) is 12.3. The lowest BCUT2D eigenvalue weighted by Gasteiger charge is -1.99. The van der Waals surface area contributed by atoms with Crippen molar-refractivity contribution in [2.24, 2.45) is 5.73 Å². The summed E-state index contributed by atoms with van der Waals surface area (Å²) in [7, 11) is 0. The smallest absolute Gasteiger partial charge is 0.103 e. The maximum atomic E-state index is 5.65. The summed E-state index contributed by atoms with van der Waals surface area (Å²) >= 11 is 6.98. The van der Waals surface area contributed by atoms with Crippen molar-refractivity contribution in [1.29, 1.82) is 0 Å².